The summed E-state index contributed by atoms with van der Waals surface area (Å²) < 4.78 is 15.8. The van der Waals surface area contributed by atoms with Gasteiger partial charge in [-0.1, -0.05) is 0 Å². The number of aryl methyl sites for hydroxylation is 1. The Hall–Kier alpha value is -2.49. The normalized spacial score (nSPS) is 12.0. The molecule has 1 heterocycles. The molecule has 0 unspecified atom stereocenters. The Bertz CT molecular complexity index is 719. The Morgan fingerprint density at radius 2 is 2.00 bits per heavy atom. The number of fused-ring (bicyclic) bond motifs is 3. The maximum atomic E-state index is 11.7. The lowest BCUT2D eigenvalue weighted by molar-refractivity contribution is 0.0600. The van der Waals surface area contributed by atoms with Crippen LogP contribution in [-0.2, 0) is 11.3 Å². The van der Waals surface area contributed by atoms with Crippen LogP contribution in [0.2, 0.25) is 0 Å². The van der Waals surface area contributed by atoms with Gasteiger partial charge in [0.15, 0.2) is 0 Å². The van der Waals surface area contributed by atoms with E-state index in [1.807, 2.05) is 31.2 Å². The first-order valence-electron chi connectivity index (χ1n) is 6.67. The number of hydrogen-bond acceptors (Lipinski definition) is 4. The summed E-state index contributed by atoms with van der Waals surface area (Å²) in [6.07, 6.45) is 0. The monoisotopic (exact) mass is 284 g/mol. The fourth-order valence-electron chi connectivity index (χ4n) is 2.69. The summed E-state index contributed by atoms with van der Waals surface area (Å²) >= 11 is 0. The van der Waals surface area contributed by atoms with Crippen molar-refractivity contribution in [3.05, 3.63) is 47.0 Å². The highest BCUT2D eigenvalue weighted by atomic mass is 16.5. The molecule has 2 aromatic rings. The molecule has 0 N–H and O–H groups in total. The van der Waals surface area contributed by atoms with Crippen molar-refractivity contribution in [2.75, 3.05) is 14.2 Å². The highest BCUT2D eigenvalue weighted by molar-refractivity contribution is 5.92. The van der Waals surface area contributed by atoms with Gasteiger partial charge < -0.3 is 14.2 Å². The van der Waals surface area contributed by atoms with Gasteiger partial charge >= 0.3 is 5.97 Å². The lowest BCUT2D eigenvalue weighted by atomic mass is 9.91. The standard InChI is InChI=1S/C17H16O4/c1-10-6-13(19-2)7-12-9-21-15-5-4-11(17(18)20-3)8-14(15)16(10)12/h4-8H,9H2,1-3H3. The van der Waals surface area contributed by atoms with Gasteiger partial charge in [-0.15, -0.1) is 0 Å². The third kappa shape index (κ3) is 2.23. The molecular formula is C17H16O4. The van der Waals surface area contributed by atoms with Crippen LogP contribution in [0.5, 0.6) is 11.5 Å². The molecular weight excluding hydrogens is 268 g/mol. The van der Waals surface area contributed by atoms with Crippen molar-refractivity contribution in [2.24, 2.45) is 0 Å². The quantitative estimate of drug-likeness (QED) is 0.793. The van der Waals surface area contributed by atoms with Gasteiger partial charge in [-0.3, -0.25) is 0 Å². The SMILES string of the molecule is COC(=O)c1ccc2c(c1)-c1c(C)cc(OC)cc1CO2. The number of esters is 1. The summed E-state index contributed by atoms with van der Waals surface area (Å²) in [5, 5.41) is 0. The molecule has 21 heavy (non-hydrogen) atoms. The second-order valence-electron chi connectivity index (χ2n) is 4.97. The molecule has 0 bridgehead atoms. The minimum atomic E-state index is -0.351. The summed E-state index contributed by atoms with van der Waals surface area (Å²) in [6, 6.07) is 9.30. The zero-order valence-corrected chi connectivity index (χ0v) is 12.2. The lowest BCUT2D eigenvalue weighted by Gasteiger charge is -2.23. The first-order chi connectivity index (χ1) is 10.1. The Balaban J connectivity index is 2.19. The van der Waals surface area contributed by atoms with E-state index in [0.717, 1.165) is 33.8 Å². The summed E-state index contributed by atoms with van der Waals surface area (Å²) in [5.74, 6) is 1.24. The molecule has 1 aliphatic heterocycles. The van der Waals surface area contributed by atoms with E-state index in [1.54, 1.807) is 13.2 Å². The maximum Gasteiger partial charge on any atom is 0.337 e. The van der Waals surface area contributed by atoms with Crippen LogP contribution in [0.15, 0.2) is 30.3 Å². The number of hydrogen-bond donors (Lipinski definition) is 0. The van der Waals surface area contributed by atoms with Crippen LogP contribution < -0.4 is 9.47 Å². The summed E-state index contributed by atoms with van der Waals surface area (Å²) in [4.78, 5) is 11.7. The molecule has 4 heteroatoms. The van der Waals surface area contributed by atoms with Gasteiger partial charge in [-0.25, -0.2) is 4.79 Å². The van der Waals surface area contributed by atoms with E-state index in [2.05, 4.69) is 0 Å². The average molecular weight is 284 g/mol. The molecule has 0 spiro atoms. The highest BCUT2D eigenvalue weighted by Crippen LogP contribution is 2.41. The van der Waals surface area contributed by atoms with Crippen LogP contribution in [-0.4, -0.2) is 20.2 Å². The first kappa shape index (κ1) is 13.5. The van der Waals surface area contributed by atoms with Gasteiger partial charge in [0.25, 0.3) is 0 Å². The second kappa shape index (κ2) is 5.13. The Labute approximate surface area is 123 Å². The topological polar surface area (TPSA) is 44.8 Å². The lowest BCUT2D eigenvalue weighted by Crippen LogP contribution is -2.09. The van der Waals surface area contributed by atoms with E-state index in [4.69, 9.17) is 14.2 Å². The van der Waals surface area contributed by atoms with Crippen molar-refractivity contribution in [3.63, 3.8) is 0 Å². The molecule has 3 rings (SSSR count). The van der Waals surface area contributed by atoms with Crippen LogP contribution >= 0.6 is 0 Å². The van der Waals surface area contributed by atoms with Crippen LogP contribution in [0.25, 0.3) is 11.1 Å². The van der Waals surface area contributed by atoms with Gasteiger partial charge in [0, 0.05) is 11.1 Å². The molecule has 108 valence electrons. The third-order valence-electron chi connectivity index (χ3n) is 3.68. The number of rotatable bonds is 2. The van der Waals surface area contributed by atoms with Crippen LogP contribution in [0.1, 0.15) is 21.5 Å². The summed E-state index contributed by atoms with van der Waals surface area (Å²) in [6.45, 7) is 2.53. The maximum absolute atomic E-state index is 11.7. The minimum absolute atomic E-state index is 0.351. The predicted octanol–water partition coefficient (Wildman–Crippen LogP) is 3.35. The molecule has 0 saturated carbocycles. The fourth-order valence-corrected chi connectivity index (χ4v) is 2.69. The van der Waals surface area contributed by atoms with Gasteiger partial charge in [0.1, 0.15) is 18.1 Å². The Morgan fingerprint density at radius 1 is 1.19 bits per heavy atom. The summed E-state index contributed by atoms with van der Waals surface area (Å²) in [7, 11) is 3.02. The number of carbonyl (C=O) groups excluding carboxylic acids is 1. The van der Waals surface area contributed by atoms with E-state index in [0.29, 0.717) is 12.2 Å². The van der Waals surface area contributed by atoms with Crippen LogP contribution in [0.3, 0.4) is 0 Å². The van der Waals surface area contributed by atoms with Crippen molar-refractivity contribution < 1.29 is 19.0 Å². The molecule has 2 aromatic carbocycles. The largest absolute Gasteiger partial charge is 0.497 e. The van der Waals surface area contributed by atoms with Crippen molar-refractivity contribution >= 4 is 5.97 Å². The van der Waals surface area contributed by atoms with Gasteiger partial charge in [-0.05, 0) is 48.4 Å². The van der Waals surface area contributed by atoms with Gasteiger partial charge in [0.05, 0.1) is 19.8 Å². The number of methoxy groups -OCH3 is 2. The fraction of sp³-hybridized carbons (Fsp3) is 0.235. The van der Waals surface area contributed by atoms with Crippen molar-refractivity contribution in [3.8, 4) is 22.6 Å². The molecule has 0 saturated heterocycles. The van der Waals surface area contributed by atoms with Gasteiger partial charge in [-0.2, -0.15) is 0 Å². The molecule has 0 radical (unpaired) electrons. The van der Waals surface area contributed by atoms with E-state index >= 15 is 0 Å². The Kier molecular flexibility index (Phi) is 3.29. The molecule has 1 aliphatic rings. The number of ether oxygens (including phenoxy) is 3. The number of benzene rings is 2. The van der Waals surface area contributed by atoms with E-state index in [-0.39, 0.29) is 5.97 Å². The van der Waals surface area contributed by atoms with Crippen molar-refractivity contribution in [2.45, 2.75) is 13.5 Å². The molecule has 0 aliphatic carbocycles. The van der Waals surface area contributed by atoms with Gasteiger partial charge in [0.2, 0.25) is 0 Å². The van der Waals surface area contributed by atoms with Crippen LogP contribution in [0.4, 0.5) is 0 Å². The molecule has 0 amide bonds. The zero-order chi connectivity index (χ0) is 15.0. The molecule has 0 fully saturated rings. The molecule has 0 atom stereocenters. The van der Waals surface area contributed by atoms with E-state index in [1.165, 1.54) is 7.11 Å². The molecule has 0 aromatic heterocycles. The van der Waals surface area contributed by atoms with E-state index < -0.39 is 0 Å². The second-order valence-corrected chi connectivity index (χ2v) is 4.97. The van der Waals surface area contributed by atoms with E-state index in [9.17, 15) is 4.79 Å². The Morgan fingerprint density at radius 3 is 2.71 bits per heavy atom. The number of carbonyl (C=O) groups is 1. The molecule has 4 nitrogen and oxygen atoms in total. The highest BCUT2D eigenvalue weighted by Gasteiger charge is 2.22. The third-order valence-corrected chi connectivity index (χ3v) is 3.68. The minimum Gasteiger partial charge on any atom is -0.497 e. The summed E-state index contributed by atoms with van der Waals surface area (Å²) in [5.41, 5.74) is 4.68. The average Bonchev–Trinajstić information content (AvgIpc) is 2.52. The zero-order valence-electron chi connectivity index (χ0n) is 12.2. The van der Waals surface area contributed by atoms with Crippen LogP contribution in [0, 0.1) is 6.92 Å². The van der Waals surface area contributed by atoms with Crippen molar-refractivity contribution in [1.82, 2.24) is 0 Å². The first-order valence-corrected chi connectivity index (χ1v) is 6.67. The predicted molar refractivity (Wildman–Crippen MR) is 78.8 cm³/mol. The van der Waals surface area contributed by atoms with Crippen molar-refractivity contribution in [1.29, 1.82) is 0 Å². The smallest absolute Gasteiger partial charge is 0.337 e.